The predicted molar refractivity (Wildman–Crippen MR) is 237 cm³/mol. The van der Waals surface area contributed by atoms with E-state index < -0.39 is 224 Å². The molecule has 0 unspecified atom stereocenters. The third-order valence-electron chi connectivity index (χ3n) is 14.7. The van der Waals surface area contributed by atoms with Gasteiger partial charge in [0.05, 0.1) is 39.6 Å². The molecule has 22 aliphatic rings. The van der Waals surface area contributed by atoms with Crippen molar-refractivity contribution in [2.45, 2.75) is 211 Å². The summed E-state index contributed by atoms with van der Waals surface area (Å²) < 4.78 is 76.1. The summed E-state index contributed by atoms with van der Waals surface area (Å²) >= 11 is 0. The molecular formula is C44H77NO30. The number of hydrogen-bond acceptors (Lipinski definition) is 31. The minimum absolute atomic E-state index is 0.0465. The zero-order valence-corrected chi connectivity index (χ0v) is 41.2. The Labute approximate surface area is 429 Å². The van der Waals surface area contributed by atoms with Crippen molar-refractivity contribution in [1.29, 1.82) is 0 Å². The Morgan fingerprint density at radius 1 is 0.307 bits per heavy atom. The highest BCUT2D eigenvalue weighted by Gasteiger charge is 2.59. The summed E-state index contributed by atoms with van der Waals surface area (Å²) in [5.41, 5.74) is 0. The number of nitrogens with zero attached hydrogens (tertiary/aromatic N) is 1. The molecule has 0 aromatic heterocycles. The maximum atomic E-state index is 12.0. The van der Waals surface area contributed by atoms with Gasteiger partial charge in [0.15, 0.2) is 37.7 Å². The molecule has 0 aliphatic carbocycles. The third kappa shape index (κ3) is 13.1. The van der Waals surface area contributed by atoms with Gasteiger partial charge in [-0.15, -0.1) is 0 Å². The first-order valence-electron chi connectivity index (χ1n) is 25.2. The third-order valence-corrected chi connectivity index (χ3v) is 14.7. The van der Waals surface area contributed by atoms with Crippen LogP contribution in [0.2, 0.25) is 0 Å². The second-order valence-electron chi connectivity index (χ2n) is 19.4. The van der Waals surface area contributed by atoms with Crippen LogP contribution in [0.15, 0.2) is 0 Å². The van der Waals surface area contributed by atoms with Gasteiger partial charge in [0.2, 0.25) is 0 Å². The lowest BCUT2D eigenvalue weighted by molar-refractivity contribution is -0.404. The maximum absolute atomic E-state index is 12.0. The van der Waals surface area contributed by atoms with Gasteiger partial charge in [-0.05, 0) is 32.5 Å². The Morgan fingerprint density at radius 2 is 0.547 bits per heavy atom. The number of ether oxygens (including phenoxy) is 13. The van der Waals surface area contributed by atoms with Crippen molar-refractivity contribution in [2.75, 3.05) is 65.9 Å². The topological polar surface area (TPSA) is 467 Å². The van der Waals surface area contributed by atoms with Crippen LogP contribution in [0, 0.1) is 0 Å². The van der Waals surface area contributed by atoms with Crippen LogP contribution in [0.4, 0.5) is 0 Å². The molecule has 12 bridgehead atoms. The Morgan fingerprint density at radius 3 is 0.800 bits per heavy atom. The molecule has 22 heterocycles. The van der Waals surface area contributed by atoms with E-state index in [0.717, 1.165) is 13.1 Å². The number of aliphatic hydroxyl groups is 17. The summed E-state index contributed by atoms with van der Waals surface area (Å²) in [6.45, 7) is 0.382. The molecule has 31 heteroatoms. The molecule has 22 rings (SSSR count). The van der Waals surface area contributed by atoms with Gasteiger partial charge in [-0.2, -0.15) is 0 Å². The Hall–Kier alpha value is -1.24. The molecule has 22 fully saturated rings. The number of rotatable bonds is 14. The van der Waals surface area contributed by atoms with Crippen molar-refractivity contribution in [2.24, 2.45) is 0 Å². The molecule has 75 heavy (non-hydrogen) atoms. The second-order valence-corrected chi connectivity index (χ2v) is 19.4. The quantitative estimate of drug-likeness (QED) is 0.0718. The van der Waals surface area contributed by atoms with Crippen LogP contribution in [-0.4, -0.2) is 342 Å². The minimum Gasteiger partial charge on any atom is -0.394 e. The standard InChI is InChI=1S/C44H77NO30/c1-3-45(4-2)7-5-6-8-63-38-31(62)44-69-20(14-51)37(38)75-43-30(61)25(56)35(18(12-49)68-43)73-41-28(59)23(54)33(16(10-47)66-41)71-39-26(57)21(52)32(15(9-46)64-39)70-40-27(58)22(53)34(17(11-48)65-40)72-42-29(60)24(55)36(74-44)19(13-50)67-42/h15-44,46-62H,3-14H2,1-2H3/t15-,16-,17-,18-,19-,20-,21-,22-,23-,24-,25-,26-,27-,28-,29-,30-,31-,32-,33-,34-,35-,36-,37+,38-,39-,40-,41-,42-,43-,44-/m1/s1. The highest BCUT2D eigenvalue weighted by Crippen LogP contribution is 2.38. The predicted octanol–water partition coefficient (Wildman–Crippen LogP) is -10.9. The molecule has 0 aromatic carbocycles. The summed E-state index contributed by atoms with van der Waals surface area (Å²) in [4.78, 5) is 2.17. The smallest absolute Gasteiger partial charge is 0.187 e. The molecule has 0 radical (unpaired) electrons. The Bertz CT molecular complexity index is 1690. The van der Waals surface area contributed by atoms with Gasteiger partial charge in [0, 0.05) is 6.61 Å². The fraction of sp³-hybridized carbons (Fsp3) is 1.00. The zero-order chi connectivity index (χ0) is 54.6. The van der Waals surface area contributed by atoms with Crippen LogP contribution >= 0.6 is 0 Å². The molecule has 0 spiro atoms. The first-order chi connectivity index (χ1) is 35.9. The summed E-state index contributed by atoms with van der Waals surface area (Å²) in [6.07, 6.45) is -55.8. The molecule has 0 saturated carbocycles. The van der Waals surface area contributed by atoms with E-state index in [1.807, 2.05) is 13.8 Å². The van der Waals surface area contributed by atoms with Gasteiger partial charge in [-0.3, -0.25) is 0 Å². The van der Waals surface area contributed by atoms with Crippen LogP contribution in [0.3, 0.4) is 0 Å². The first-order valence-corrected chi connectivity index (χ1v) is 25.2. The minimum atomic E-state index is -2.14. The van der Waals surface area contributed by atoms with Gasteiger partial charge in [-0.1, -0.05) is 13.8 Å². The molecule has 438 valence electrons. The van der Waals surface area contributed by atoms with Crippen molar-refractivity contribution < 1.29 is 148 Å². The van der Waals surface area contributed by atoms with Gasteiger partial charge in [0.25, 0.3) is 0 Å². The lowest BCUT2D eigenvalue weighted by atomic mass is 9.94. The molecular weight excluding hydrogens is 1020 g/mol. The van der Waals surface area contributed by atoms with Gasteiger partial charge in [0.1, 0.15) is 146 Å². The van der Waals surface area contributed by atoms with Gasteiger partial charge < -0.3 is 153 Å². The molecule has 22 saturated heterocycles. The fourth-order valence-electron chi connectivity index (χ4n) is 10.3. The highest BCUT2D eigenvalue weighted by atomic mass is 16.8. The summed E-state index contributed by atoms with van der Waals surface area (Å²) in [5.74, 6) is 0. The van der Waals surface area contributed by atoms with Crippen molar-refractivity contribution >= 4 is 0 Å². The molecule has 22 aliphatic heterocycles. The van der Waals surface area contributed by atoms with E-state index in [1.54, 1.807) is 0 Å². The number of hydrogen-bond donors (Lipinski definition) is 17. The molecule has 30 atom stereocenters. The zero-order valence-electron chi connectivity index (χ0n) is 41.2. The van der Waals surface area contributed by atoms with Crippen molar-refractivity contribution in [3.8, 4) is 0 Å². The van der Waals surface area contributed by atoms with E-state index in [4.69, 9.17) is 61.6 Å². The SMILES string of the molecule is CCN(CC)CCCCO[C@@H]1[C@@H](O)[C@H]2O[C@H]3[C@H](O)[C@@H](O)[C@@H](O[C@H]4[C@H](O)[C@@H](O)[C@@H](O[C@H]5[C@H](O)[C@@H](O)[C@@H](O[C@H]6[C@H](O)[C@@H](O)[C@@H](O[C@H]7[C@H](O)[C@@H](O)[C@@H](O[C@H]1[C@@H](CO)O2)O[C@@H]7CO)O[C@@H]6CO)O[C@@H]5CO)O[C@@H]4CO)O[C@@H]3CO. The summed E-state index contributed by atoms with van der Waals surface area (Å²) in [5, 5.41) is 189. The fourth-order valence-corrected chi connectivity index (χ4v) is 10.3. The van der Waals surface area contributed by atoms with E-state index in [2.05, 4.69) is 4.90 Å². The van der Waals surface area contributed by atoms with Gasteiger partial charge in [-0.25, -0.2) is 0 Å². The largest absolute Gasteiger partial charge is 0.394 e. The summed E-state index contributed by atoms with van der Waals surface area (Å²) in [7, 11) is 0. The highest BCUT2D eigenvalue weighted by molar-refractivity contribution is 5.01. The normalized spacial score (nSPS) is 50.2. The van der Waals surface area contributed by atoms with Crippen LogP contribution in [0.1, 0.15) is 26.7 Å². The van der Waals surface area contributed by atoms with Crippen molar-refractivity contribution in [3.05, 3.63) is 0 Å². The Balaban J connectivity index is 1.21. The first kappa shape index (κ1) is 61.4. The number of unbranched alkanes of at least 4 members (excludes halogenated alkanes) is 1. The lowest BCUT2D eigenvalue weighted by Gasteiger charge is -2.51. The van der Waals surface area contributed by atoms with E-state index >= 15 is 0 Å². The molecule has 0 aromatic rings. The Kier molecular flexibility index (Phi) is 22.5. The second kappa shape index (κ2) is 27.5. The molecule has 0 amide bonds. The average molecular weight is 1100 g/mol. The maximum Gasteiger partial charge on any atom is 0.187 e. The summed E-state index contributed by atoms with van der Waals surface area (Å²) in [6, 6.07) is 0. The van der Waals surface area contributed by atoms with Crippen molar-refractivity contribution in [3.63, 3.8) is 0 Å². The van der Waals surface area contributed by atoms with Crippen LogP contribution < -0.4 is 0 Å². The monoisotopic (exact) mass is 1100 g/mol. The average Bonchev–Trinajstić information content (AvgIpc) is 3.41. The molecule has 17 N–H and O–H groups in total. The lowest BCUT2D eigenvalue weighted by Crippen LogP contribution is -2.69. The number of aliphatic hydroxyl groups excluding tert-OH is 17. The van der Waals surface area contributed by atoms with Crippen LogP contribution in [-0.2, 0) is 61.6 Å². The van der Waals surface area contributed by atoms with Crippen molar-refractivity contribution in [1.82, 2.24) is 4.90 Å². The van der Waals surface area contributed by atoms with Crippen LogP contribution in [0.25, 0.3) is 0 Å². The van der Waals surface area contributed by atoms with E-state index in [-0.39, 0.29) is 6.61 Å². The van der Waals surface area contributed by atoms with E-state index in [0.29, 0.717) is 19.4 Å². The van der Waals surface area contributed by atoms with Gasteiger partial charge >= 0.3 is 0 Å². The van der Waals surface area contributed by atoms with E-state index in [9.17, 15) is 86.8 Å². The molecule has 31 nitrogen and oxygen atoms in total. The van der Waals surface area contributed by atoms with Crippen LogP contribution in [0.5, 0.6) is 0 Å². The van der Waals surface area contributed by atoms with E-state index in [1.165, 1.54) is 0 Å².